The highest BCUT2D eigenvalue weighted by atomic mass is 16.2. The number of nitrogens with one attached hydrogen (secondary N) is 2. The van der Waals surface area contributed by atoms with Gasteiger partial charge in [-0.25, -0.2) is 0 Å². The SMILES string of the molecule is Cc1cnccc1NC(=O)C1CCC(=O)NC1. The lowest BCUT2D eigenvalue weighted by Crippen LogP contribution is -2.40. The molecule has 1 atom stereocenters. The molecule has 90 valence electrons. The van der Waals surface area contributed by atoms with E-state index in [1.165, 1.54) is 0 Å². The smallest absolute Gasteiger partial charge is 0.229 e. The third-order valence-electron chi connectivity index (χ3n) is 2.91. The molecule has 2 amide bonds. The van der Waals surface area contributed by atoms with E-state index in [1.54, 1.807) is 18.5 Å². The fraction of sp³-hybridized carbons (Fsp3) is 0.417. The van der Waals surface area contributed by atoms with Gasteiger partial charge in [0.25, 0.3) is 0 Å². The summed E-state index contributed by atoms with van der Waals surface area (Å²) in [7, 11) is 0. The number of amides is 2. The summed E-state index contributed by atoms with van der Waals surface area (Å²) in [5.74, 6) is -0.159. The Hall–Kier alpha value is -1.91. The number of aromatic nitrogens is 1. The molecular formula is C12H15N3O2. The van der Waals surface area contributed by atoms with E-state index in [0.717, 1.165) is 11.3 Å². The van der Waals surface area contributed by atoms with E-state index in [9.17, 15) is 9.59 Å². The maximum Gasteiger partial charge on any atom is 0.229 e. The molecule has 1 fully saturated rings. The molecule has 0 aliphatic carbocycles. The van der Waals surface area contributed by atoms with Gasteiger partial charge in [-0.2, -0.15) is 0 Å². The lowest BCUT2D eigenvalue weighted by molar-refractivity contribution is -0.126. The predicted octanol–water partition coefficient (Wildman–Crippen LogP) is 0.855. The first-order chi connectivity index (χ1) is 8.16. The third kappa shape index (κ3) is 2.81. The van der Waals surface area contributed by atoms with E-state index in [1.807, 2.05) is 6.92 Å². The van der Waals surface area contributed by atoms with Crippen LogP contribution in [-0.2, 0) is 9.59 Å². The maximum absolute atomic E-state index is 11.9. The highest BCUT2D eigenvalue weighted by Gasteiger charge is 2.24. The highest BCUT2D eigenvalue weighted by Crippen LogP contribution is 2.16. The first-order valence-corrected chi connectivity index (χ1v) is 5.65. The highest BCUT2D eigenvalue weighted by molar-refractivity contribution is 5.94. The molecule has 0 radical (unpaired) electrons. The summed E-state index contributed by atoms with van der Waals surface area (Å²) in [6.45, 7) is 2.32. The van der Waals surface area contributed by atoms with Crippen molar-refractivity contribution in [2.75, 3.05) is 11.9 Å². The number of anilines is 1. The largest absolute Gasteiger partial charge is 0.355 e. The summed E-state index contributed by atoms with van der Waals surface area (Å²) >= 11 is 0. The minimum Gasteiger partial charge on any atom is -0.355 e. The van der Waals surface area contributed by atoms with Gasteiger partial charge in [0.05, 0.1) is 5.92 Å². The zero-order valence-electron chi connectivity index (χ0n) is 9.69. The van der Waals surface area contributed by atoms with Crippen LogP contribution in [0.25, 0.3) is 0 Å². The monoisotopic (exact) mass is 233 g/mol. The Labute approximate surface area is 99.6 Å². The van der Waals surface area contributed by atoms with Crippen LogP contribution in [0.5, 0.6) is 0 Å². The summed E-state index contributed by atoms with van der Waals surface area (Å²) in [6, 6.07) is 1.77. The van der Waals surface area contributed by atoms with Crippen molar-refractivity contribution in [3.63, 3.8) is 0 Å². The molecule has 2 rings (SSSR count). The van der Waals surface area contributed by atoms with Gasteiger partial charge in [0.2, 0.25) is 11.8 Å². The molecule has 1 aliphatic heterocycles. The molecule has 1 aromatic heterocycles. The van der Waals surface area contributed by atoms with Gasteiger partial charge in [0.1, 0.15) is 0 Å². The molecule has 2 N–H and O–H groups in total. The average Bonchev–Trinajstić information content (AvgIpc) is 2.33. The van der Waals surface area contributed by atoms with E-state index in [-0.39, 0.29) is 17.7 Å². The quantitative estimate of drug-likeness (QED) is 0.795. The van der Waals surface area contributed by atoms with E-state index in [4.69, 9.17) is 0 Å². The molecule has 5 heteroatoms. The maximum atomic E-state index is 11.9. The topological polar surface area (TPSA) is 71.1 Å². The van der Waals surface area contributed by atoms with Crippen LogP contribution in [0.15, 0.2) is 18.5 Å². The number of rotatable bonds is 2. The van der Waals surface area contributed by atoms with E-state index in [0.29, 0.717) is 19.4 Å². The second kappa shape index (κ2) is 4.95. The third-order valence-corrected chi connectivity index (χ3v) is 2.91. The van der Waals surface area contributed by atoms with Crippen LogP contribution in [-0.4, -0.2) is 23.3 Å². The van der Waals surface area contributed by atoms with Crippen LogP contribution in [0.2, 0.25) is 0 Å². The predicted molar refractivity (Wildman–Crippen MR) is 63.3 cm³/mol. The number of piperidine rings is 1. The standard InChI is InChI=1S/C12H15N3O2/c1-8-6-13-5-4-10(8)15-12(17)9-2-3-11(16)14-7-9/h4-6,9H,2-3,7H2,1H3,(H,14,16)(H,13,15,17). The fourth-order valence-corrected chi connectivity index (χ4v) is 1.81. The summed E-state index contributed by atoms with van der Waals surface area (Å²) < 4.78 is 0. The van der Waals surface area contributed by atoms with E-state index < -0.39 is 0 Å². The van der Waals surface area contributed by atoms with Crippen molar-refractivity contribution in [1.82, 2.24) is 10.3 Å². The number of aryl methyl sites for hydroxylation is 1. The first-order valence-electron chi connectivity index (χ1n) is 5.65. The van der Waals surface area contributed by atoms with Gasteiger partial charge in [0, 0.05) is 31.0 Å². The van der Waals surface area contributed by atoms with Gasteiger partial charge in [-0.15, -0.1) is 0 Å². The lowest BCUT2D eigenvalue weighted by Gasteiger charge is -2.21. The van der Waals surface area contributed by atoms with Crippen LogP contribution >= 0.6 is 0 Å². The molecule has 5 nitrogen and oxygen atoms in total. The van der Waals surface area contributed by atoms with Crippen molar-refractivity contribution in [1.29, 1.82) is 0 Å². The molecule has 0 spiro atoms. The Morgan fingerprint density at radius 1 is 1.59 bits per heavy atom. The number of hydrogen-bond donors (Lipinski definition) is 2. The molecule has 0 aromatic carbocycles. The van der Waals surface area contributed by atoms with Crippen molar-refractivity contribution in [3.05, 3.63) is 24.0 Å². The minimum atomic E-state index is -0.139. The Morgan fingerprint density at radius 3 is 3.06 bits per heavy atom. The van der Waals surface area contributed by atoms with Crippen molar-refractivity contribution in [2.45, 2.75) is 19.8 Å². The van der Waals surface area contributed by atoms with Gasteiger partial charge in [-0.05, 0) is 25.0 Å². The summed E-state index contributed by atoms with van der Waals surface area (Å²) in [5.41, 5.74) is 1.71. The van der Waals surface area contributed by atoms with Crippen molar-refractivity contribution < 1.29 is 9.59 Å². The van der Waals surface area contributed by atoms with Crippen molar-refractivity contribution >= 4 is 17.5 Å². The molecule has 1 unspecified atom stereocenters. The summed E-state index contributed by atoms with van der Waals surface area (Å²) in [5, 5.41) is 5.57. The fourth-order valence-electron chi connectivity index (χ4n) is 1.81. The number of carbonyl (C=O) groups excluding carboxylic acids is 2. The second-order valence-electron chi connectivity index (χ2n) is 4.22. The molecule has 17 heavy (non-hydrogen) atoms. The molecule has 1 saturated heterocycles. The molecule has 1 aliphatic rings. The van der Waals surface area contributed by atoms with Crippen LogP contribution in [0, 0.1) is 12.8 Å². The second-order valence-corrected chi connectivity index (χ2v) is 4.22. The summed E-state index contributed by atoms with van der Waals surface area (Å²) in [4.78, 5) is 26.9. The van der Waals surface area contributed by atoms with E-state index >= 15 is 0 Å². The number of carbonyl (C=O) groups is 2. The van der Waals surface area contributed by atoms with Crippen molar-refractivity contribution in [3.8, 4) is 0 Å². The average molecular weight is 233 g/mol. The van der Waals surface area contributed by atoms with Gasteiger partial charge in [0.15, 0.2) is 0 Å². The first kappa shape index (κ1) is 11.6. The van der Waals surface area contributed by atoms with Gasteiger partial charge >= 0.3 is 0 Å². The lowest BCUT2D eigenvalue weighted by atomic mass is 9.98. The molecular weight excluding hydrogens is 218 g/mol. The van der Waals surface area contributed by atoms with Crippen LogP contribution < -0.4 is 10.6 Å². The summed E-state index contributed by atoms with van der Waals surface area (Å²) in [6.07, 6.45) is 4.39. The molecule has 0 saturated carbocycles. The zero-order chi connectivity index (χ0) is 12.3. The number of hydrogen-bond acceptors (Lipinski definition) is 3. The van der Waals surface area contributed by atoms with Crippen LogP contribution in [0.1, 0.15) is 18.4 Å². The Bertz CT molecular complexity index is 435. The van der Waals surface area contributed by atoms with Crippen molar-refractivity contribution in [2.24, 2.45) is 5.92 Å². The van der Waals surface area contributed by atoms with Crippen LogP contribution in [0.3, 0.4) is 0 Å². The Balaban J connectivity index is 1.98. The van der Waals surface area contributed by atoms with E-state index in [2.05, 4.69) is 15.6 Å². The Morgan fingerprint density at radius 2 is 2.41 bits per heavy atom. The molecule has 1 aromatic rings. The number of pyridine rings is 1. The molecule has 0 bridgehead atoms. The van der Waals surface area contributed by atoms with Gasteiger partial charge in [-0.3, -0.25) is 14.6 Å². The van der Waals surface area contributed by atoms with Gasteiger partial charge in [-0.1, -0.05) is 0 Å². The zero-order valence-corrected chi connectivity index (χ0v) is 9.69. The normalized spacial score (nSPS) is 19.6. The van der Waals surface area contributed by atoms with Crippen LogP contribution in [0.4, 0.5) is 5.69 Å². The van der Waals surface area contributed by atoms with Gasteiger partial charge < -0.3 is 10.6 Å². The minimum absolute atomic E-state index is 0.0224. The Kier molecular flexibility index (Phi) is 3.37. The number of nitrogens with zero attached hydrogens (tertiary/aromatic N) is 1. The molecule has 2 heterocycles.